The number of guanidine groups is 1. The molecule has 156 valence electrons. The van der Waals surface area contributed by atoms with Crippen LogP contribution in [0.1, 0.15) is 35.7 Å². The first-order chi connectivity index (χ1) is 14.1. The Balaban J connectivity index is 1.54. The van der Waals surface area contributed by atoms with Crippen molar-refractivity contribution in [3.63, 3.8) is 0 Å². The third kappa shape index (κ3) is 6.18. The molecule has 2 N–H and O–H groups in total. The number of aryl methyl sites for hydroxylation is 1. The highest BCUT2D eigenvalue weighted by Gasteiger charge is 2.30. The van der Waals surface area contributed by atoms with Gasteiger partial charge in [-0.15, -0.1) is 0 Å². The Bertz CT molecular complexity index is 805. The SMILES string of the molecule is CN=C(NCCc1ccc(C)nc1)NCC1CCCN(C)C1c1cccc(Cl)c1. The van der Waals surface area contributed by atoms with E-state index in [0.717, 1.165) is 42.7 Å². The average molecular weight is 414 g/mol. The van der Waals surface area contributed by atoms with Crippen LogP contribution < -0.4 is 10.6 Å². The number of aromatic nitrogens is 1. The van der Waals surface area contributed by atoms with Crippen LogP contribution in [0.4, 0.5) is 0 Å². The highest BCUT2D eigenvalue weighted by Crippen LogP contribution is 2.35. The average Bonchev–Trinajstić information content (AvgIpc) is 2.72. The molecule has 0 bridgehead atoms. The number of nitrogens with one attached hydrogen (secondary N) is 2. The summed E-state index contributed by atoms with van der Waals surface area (Å²) in [4.78, 5) is 11.2. The third-order valence-corrected chi connectivity index (χ3v) is 5.87. The van der Waals surface area contributed by atoms with Crippen molar-refractivity contribution in [2.24, 2.45) is 10.9 Å². The number of halogens is 1. The molecule has 1 aliphatic heterocycles. The van der Waals surface area contributed by atoms with Crippen LogP contribution in [0.5, 0.6) is 0 Å². The predicted octanol–water partition coefficient (Wildman–Crippen LogP) is 3.83. The van der Waals surface area contributed by atoms with Gasteiger partial charge in [0.2, 0.25) is 0 Å². The minimum absolute atomic E-state index is 0.367. The van der Waals surface area contributed by atoms with Gasteiger partial charge in [0.1, 0.15) is 0 Å². The van der Waals surface area contributed by atoms with Gasteiger partial charge in [0.05, 0.1) is 0 Å². The molecule has 0 aliphatic carbocycles. The number of hydrogen-bond donors (Lipinski definition) is 2. The highest BCUT2D eigenvalue weighted by atomic mass is 35.5. The topological polar surface area (TPSA) is 52.6 Å². The Labute approximate surface area is 179 Å². The van der Waals surface area contributed by atoms with Crippen LogP contribution in [-0.4, -0.2) is 49.6 Å². The molecule has 6 heteroatoms. The molecule has 2 aromatic rings. The summed E-state index contributed by atoms with van der Waals surface area (Å²) in [5.41, 5.74) is 3.57. The lowest BCUT2D eigenvalue weighted by atomic mass is 9.85. The van der Waals surface area contributed by atoms with Gasteiger partial charge in [0, 0.05) is 43.1 Å². The van der Waals surface area contributed by atoms with E-state index in [1.54, 1.807) is 0 Å². The molecule has 2 unspecified atom stereocenters. The summed E-state index contributed by atoms with van der Waals surface area (Å²) in [5, 5.41) is 7.76. The molecular formula is C23H32ClN5. The molecule has 0 amide bonds. The highest BCUT2D eigenvalue weighted by molar-refractivity contribution is 6.30. The van der Waals surface area contributed by atoms with Gasteiger partial charge in [0.25, 0.3) is 0 Å². The van der Waals surface area contributed by atoms with Gasteiger partial charge >= 0.3 is 0 Å². The number of piperidine rings is 1. The van der Waals surface area contributed by atoms with Gasteiger partial charge in [0.15, 0.2) is 5.96 Å². The molecule has 0 saturated carbocycles. The van der Waals surface area contributed by atoms with Crippen molar-refractivity contribution in [3.8, 4) is 0 Å². The molecule has 1 aromatic heterocycles. The Morgan fingerprint density at radius 3 is 2.86 bits per heavy atom. The maximum Gasteiger partial charge on any atom is 0.190 e. The summed E-state index contributed by atoms with van der Waals surface area (Å²) in [6.07, 6.45) is 5.28. The fourth-order valence-corrected chi connectivity index (χ4v) is 4.31. The van der Waals surface area contributed by atoms with Gasteiger partial charge in [-0.2, -0.15) is 0 Å². The Morgan fingerprint density at radius 1 is 1.28 bits per heavy atom. The van der Waals surface area contributed by atoms with E-state index >= 15 is 0 Å². The normalized spacial score (nSPS) is 20.5. The zero-order chi connectivity index (χ0) is 20.6. The summed E-state index contributed by atoms with van der Waals surface area (Å²) >= 11 is 6.26. The van der Waals surface area contributed by atoms with Gasteiger partial charge in [-0.05, 0) is 75.0 Å². The molecule has 0 radical (unpaired) electrons. The molecule has 2 heterocycles. The van der Waals surface area contributed by atoms with E-state index in [1.165, 1.54) is 24.0 Å². The number of benzene rings is 1. The van der Waals surface area contributed by atoms with Crippen molar-refractivity contribution in [3.05, 3.63) is 64.4 Å². The summed E-state index contributed by atoms with van der Waals surface area (Å²) in [5.74, 6) is 1.36. The summed E-state index contributed by atoms with van der Waals surface area (Å²) in [7, 11) is 4.03. The predicted molar refractivity (Wildman–Crippen MR) is 122 cm³/mol. The molecule has 1 saturated heterocycles. The molecule has 2 atom stereocenters. The number of aliphatic imine (C=N–C) groups is 1. The maximum atomic E-state index is 6.26. The van der Waals surface area contributed by atoms with E-state index in [-0.39, 0.29) is 0 Å². The van der Waals surface area contributed by atoms with Gasteiger partial charge in [-0.3, -0.25) is 14.9 Å². The minimum atomic E-state index is 0.367. The zero-order valence-corrected chi connectivity index (χ0v) is 18.4. The van der Waals surface area contributed by atoms with Crippen LogP contribution in [0.25, 0.3) is 0 Å². The molecule has 3 rings (SSSR count). The second-order valence-corrected chi connectivity index (χ2v) is 8.26. The van der Waals surface area contributed by atoms with Crippen molar-refractivity contribution in [2.45, 2.75) is 32.2 Å². The standard InChI is InChI=1S/C23H32ClN5/c1-17-9-10-18(15-27-17)11-12-26-23(25-2)28-16-20-7-5-13-29(3)22(20)19-6-4-8-21(24)14-19/h4,6,8-10,14-15,20,22H,5,7,11-13,16H2,1-3H3,(H2,25,26,28). The Morgan fingerprint density at radius 2 is 2.14 bits per heavy atom. The Kier molecular flexibility index (Phi) is 7.90. The first-order valence-electron chi connectivity index (χ1n) is 10.4. The molecule has 29 heavy (non-hydrogen) atoms. The maximum absolute atomic E-state index is 6.26. The number of likely N-dealkylation sites (tertiary alicyclic amines) is 1. The molecular weight excluding hydrogens is 382 g/mol. The van der Waals surface area contributed by atoms with E-state index in [1.807, 2.05) is 32.3 Å². The van der Waals surface area contributed by atoms with Crippen molar-refractivity contribution in [2.75, 3.05) is 33.7 Å². The minimum Gasteiger partial charge on any atom is -0.356 e. The molecule has 1 fully saturated rings. The van der Waals surface area contributed by atoms with Crippen molar-refractivity contribution < 1.29 is 0 Å². The van der Waals surface area contributed by atoms with Crippen LogP contribution in [0.3, 0.4) is 0 Å². The third-order valence-electron chi connectivity index (χ3n) is 5.63. The van der Waals surface area contributed by atoms with Crippen molar-refractivity contribution >= 4 is 17.6 Å². The fraction of sp³-hybridized carbons (Fsp3) is 0.478. The smallest absolute Gasteiger partial charge is 0.190 e. The number of hydrogen-bond acceptors (Lipinski definition) is 3. The number of pyridine rings is 1. The van der Waals surface area contributed by atoms with E-state index in [9.17, 15) is 0 Å². The number of rotatable bonds is 6. The lowest BCUT2D eigenvalue weighted by Gasteiger charge is -2.40. The quantitative estimate of drug-likeness (QED) is 0.558. The van der Waals surface area contributed by atoms with E-state index < -0.39 is 0 Å². The van der Waals surface area contributed by atoms with E-state index in [0.29, 0.717) is 12.0 Å². The zero-order valence-electron chi connectivity index (χ0n) is 17.7. The second kappa shape index (κ2) is 10.6. The van der Waals surface area contributed by atoms with Gasteiger partial charge in [-0.25, -0.2) is 0 Å². The van der Waals surface area contributed by atoms with Crippen LogP contribution >= 0.6 is 11.6 Å². The molecule has 0 spiro atoms. The first kappa shape index (κ1) is 21.6. The second-order valence-electron chi connectivity index (χ2n) is 7.82. The van der Waals surface area contributed by atoms with Crippen molar-refractivity contribution in [1.29, 1.82) is 0 Å². The molecule has 5 nitrogen and oxygen atoms in total. The summed E-state index contributed by atoms with van der Waals surface area (Å²) in [6.45, 7) is 4.83. The van der Waals surface area contributed by atoms with E-state index in [2.05, 4.69) is 56.8 Å². The Hall–Kier alpha value is -2.11. The van der Waals surface area contributed by atoms with E-state index in [4.69, 9.17) is 11.6 Å². The van der Waals surface area contributed by atoms with Gasteiger partial charge in [-0.1, -0.05) is 29.8 Å². The largest absolute Gasteiger partial charge is 0.356 e. The van der Waals surface area contributed by atoms with Crippen LogP contribution in [0, 0.1) is 12.8 Å². The lowest BCUT2D eigenvalue weighted by molar-refractivity contribution is 0.122. The molecule has 1 aromatic carbocycles. The summed E-state index contributed by atoms with van der Waals surface area (Å²) in [6, 6.07) is 12.8. The monoisotopic (exact) mass is 413 g/mol. The fourth-order valence-electron chi connectivity index (χ4n) is 4.11. The number of nitrogens with zero attached hydrogens (tertiary/aromatic N) is 3. The summed E-state index contributed by atoms with van der Waals surface area (Å²) < 4.78 is 0. The van der Waals surface area contributed by atoms with Crippen LogP contribution in [-0.2, 0) is 6.42 Å². The van der Waals surface area contributed by atoms with Gasteiger partial charge < -0.3 is 10.6 Å². The lowest BCUT2D eigenvalue weighted by Crippen LogP contribution is -2.45. The van der Waals surface area contributed by atoms with Crippen molar-refractivity contribution in [1.82, 2.24) is 20.5 Å². The van der Waals surface area contributed by atoms with Crippen LogP contribution in [0.15, 0.2) is 47.6 Å². The molecule has 1 aliphatic rings. The van der Waals surface area contributed by atoms with Crippen LogP contribution in [0.2, 0.25) is 5.02 Å². The first-order valence-corrected chi connectivity index (χ1v) is 10.8.